The monoisotopic (exact) mass is 263 g/mol. The minimum Gasteiger partial charge on any atom is -0.468 e. The van der Waals surface area contributed by atoms with Crippen molar-refractivity contribution in [3.8, 4) is 0 Å². The largest absolute Gasteiger partial charge is 0.468 e. The maximum atomic E-state index is 11.8. The van der Waals surface area contributed by atoms with Gasteiger partial charge in [-0.15, -0.1) is 0 Å². The molecule has 1 rings (SSSR count). The molecule has 0 heterocycles. The van der Waals surface area contributed by atoms with E-state index in [-0.39, 0.29) is 24.0 Å². The molecule has 106 valence electrons. The number of hydrogen-bond donors (Lipinski definition) is 1. The second-order valence-corrected chi connectivity index (χ2v) is 5.19. The fourth-order valence-corrected chi connectivity index (χ4v) is 2.05. The fraction of sp³-hybridized carbons (Fsp3) is 0.562. The quantitative estimate of drug-likeness (QED) is 0.801. The lowest BCUT2D eigenvalue weighted by molar-refractivity contribution is -0.144. The number of esters is 1. The normalized spacial score (nSPS) is 15.6. The van der Waals surface area contributed by atoms with Gasteiger partial charge in [0.15, 0.2) is 0 Å². The average Bonchev–Trinajstić information content (AvgIpc) is 2.43. The Bertz CT molecular complexity index is 400. The van der Waals surface area contributed by atoms with Crippen molar-refractivity contribution in [2.24, 2.45) is 5.92 Å². The predicted molar refractivity (Wildman–Crippen MR) is 78.0 cm³/mol. The van der Waals surface area contributed by atoms with E-state index < -0.39 is 0 Å². The highest BCUT2D eigenvalue weighted by atomic mass is 16.5. The van der Waals surface area contributed by atoms with Crippen molar-refractivity contribution in [1.82, 2.24) is 5.32 Å². The average molecular weight is 263 g/mol. The van der Waals surface area contributed by atoms with Crippen molar-refractivity contribution in [2.45, 2.75) is 46.2 Å². The third-order valence-electron chi connectivity index (χ3n) is 3.68. The SMILES string of the molecule is CCC(C)C(NC(C)c1ccc(C)cc1)C(=O)OC. The van der Waals surface area contributed by atoms with Gasteiger partial charge in [-0.3, -0.25) is 10.1 Å². The van der Waals surface area contributed by atoms with Crippen LogP contribution in [0, 0.1) is 12.8 Å². The predicted octanol–water partition coefficient (Wildman–Crippen LogP) is 3.23. The Kier molecular flexibility index (Phi) is 6.03. The van der Waals surface area contributed by atoms with Crippen LogP contribution in [0.25, 0.3) is 0 Å². The molecule has 0 aliphatic carbocycles. The molecule has 0 fully saturated rings. The van der Waals surface area contributed by atoms with E-state index in [1.807, 2.05) is 0 Å². The Morgan fingerprint density at radius 3 is 2.32 bits per heavy atom. The van der Waals surface area contributed by atoms with Gasteiger partial charge in [-0.05, 0) is 25.3 Å². The zero-order valence-electron chi connectivity index (χ0n) is 12.6. The number of ether oxygens (including phenoxy) is 1. The van der Waals surface area contributed by atoms with Crippen LogP contribution in [-0.4, -0.2) is 19.1 Å². The second kappa shape index (κ2) is 7.29. The second-order valence-electron chi connectivity index (χ2n) is 5.19. The van der Waals surface area contributed by atoms with Gasteiger partial charge in [-0.1, -0.05) is 50.1 Å². The highest BCUT2D eigenvalue weighted by Gasteiger charge is 2.26. The van der Waals surface area contributed by atoms with Crippen LogP contribution < -0.4 is 5.32 Å². The summed E-state index contributed by atoms with van der Waals surface area (Å²) in [6, 6.07) is 8.23. The van der Waals surface area contributed by atoms with Gasteiger partial charge in [-0.25, -0.2) is 0 Å². The van der Waals surface area contributed by atoms with Crippen molar-refractivity contribution in [3.05, 3.63) is 35.4 Å². The van der Waals surface area contributed by atoms with E-state index in [0.29, 0.717) is 0 Å². The van der Waals surface area contributed by atoms with Gasteiger partial charge in [0, 0.05) is 6.04 Å². The summed E-state index contributed by atoms with van der Waals surface area (Å²) in [7, 11) is 1.44. The standard InChI is InChI=1S/C16H25NO2/c1-6-12(3)15(16(18)19-5)17-13(4)14-9-7-11(2)8-10-14/h7-10,12-13,15,17H,6H2,1-5H3. The van der Waals surface area contributed by atoms with Crippen LogP contribution in [-0.2, 0) is 9.53 Å². The summed E-state index contributed by atoms with van der Waals surface area (Å²) in [4.78, 5) is 11.8. The summed E-state index contributed by atoms with van der Waals surface area (Å²) >= 11 is 0. The molecule has 1 aromatic carbocycles. The van der Waals surface area contributed by atoms with E-state index >= 15 is 0 Å². The number of carbonyl (C=O) groups is 1. The molecule has 0 saturated carbocycles. The van der Waals surface area contributed by atoms with Gasteiger partial charge in [0.1, 0.15) is 6.04 Å². The van der Waals surface area contributed by atoms with Crippen molar-refractivity contribution in [3.63, 3.8) is 0 Å². The van der Waals surface area contributed by atoms with Gasteiger partial charge < -0.3 is 4.74 Å². The molecule has 3 atom stereocenters. The molecule has 0 spiro atoms. The first kappa shape index (κ1) is 15.7. The van der Waals surface area contributed by atoms with Gasteiger partial charge in [0.2, 0.25) is 0 Å². The molecular formula is C16H25NO2. The minimum absolute atomic E-state index is 0.124. The Morgan fingerprint density at radius 1 is 1.26 bits per heavy atom. The van der Waals surface area contributed by atoms with E-state index in [1.54, 1.807) is 0 Å². The van der Waals surface area contributed by atoms with Crippen LogP contribution >= 0.6 is 0 Å². The Balaban J connectivity index is 2.78. The molecule has 0 radical (unpaired) electrons. The topological polar surface area (TPSA) is 38.3 Å². The molecule has 3 unspecified atom stereocenters. The van der Waals surface area contributed by atoms with Crippen LogP contribution in [0.1, 0.15) is 44.4 Å². The van der Waals surface area contributed by atoms with E-state index in [9.17, 15) is 4.79 Å². The number of hydrogen-bond acceptors (Lipinski definition) is 3. The summed E-state index contributed by atoms with van der Waals surface area (Å²) in [5, 5.41) is 3.38. The molecule has 19 heavy (non-hydrogen) atoms. The lowest BCUT2D eigenvalue weighted by atomic mass is 9.97. The third-order valence-corrected chi connectivity index (χ3v) is 3.68. The van der Waals surface area contributed by atoms with Gasteiger partial charge in [0.05, 0.1) is 7.11 Å². The summed E-state index contributed by atoms with van der Waals surface area (Å²) in [5.74, 6) is 0.0636. The van der Waals surface area contributed by atoms with Crippen LogP contribution in [0.3, 0.4) is 0 Å². The van der Waals surface area contributed by atoms with Gasteiger partial charge in [-0.2, -0.15) is 0 Å². The Hall–Kier alpha value is -1.35. The van der Waals surface area contributed by atoms with Crippen molar-refractivity contribution < 1.29 is 9.53 Å². The molecule has 0 bridgehead atoms. The van der Waals surface area contributed by atoms with Crippen LogP contribution in [0.15, 0.2) is 24.3 Å². The molecule has 1 aromatic rings. The Labute approximate surface area is 116 Å². The number of nitrogens with one attached hydrogen (secondary N) is 1. The van der Waals surface area contributed by atoms with Crippen molar-refractivity contribution >= 4 is 5.97 Å². The molecule has 0 aromatic heterocycles. The zero-order valence-corrected chi connectivity index (χ0v) is 12.6. The zero-order chi connectivity index (χ0) is 14.4. The first-order chi connectivity index (χ1) is 8.99. The first-order valence-electron chi connectivity index (χ1n) is 6.90. The minimum atomic E-state index is -0.258. The first-order valence-corrected chi connectivity index (χ1v) is 6.90. The van der Waals surface area contributed by atoms with Crippen LogP contribution in [0.5, 0.6) is 0 Å². The fourth-order valence-electron chi connectivity index (χ4n) is 2.05. The van der Waals surface area contributed by atoms with Crippen LogP contribution in [0.2, 0.25) is 0 Å². The highest BCUT2D eigenvalue weighted by Crippen LogP contribution is 2.17. The number of carbonyl (C=O) groups excluding carboxylic acids is 1. The smallest absolute Gasteiger partial charge is 0.323 e. The van der Waals surface area contributed by atoms with E-state index in [1.165, 1.54) is 18.2 Å². The lowest BCUT2D eigenvalue weighted by Gasteiger charge is -2.26. The molecule has 0 saturated heterocycles. The summed E-state index contributed by atoms with van der Waals surface area (Å²) in [6.07, 6.45) is 0.938. The molecule has 3 nitrogen and oxygen atoms in total. The summed E-state index contributed by atoms with van der Waals surface area (Å²) in [6.45, 7) is 8.29. The number of benzene rings is 1. The molecule has 0 amide bonds. The molecule has 0 aliphatic heterocycles. The van der Waals surface area contributed by atoms with E-state index in [2.05, 4.69) is 57.3 Å². The molecule has 0 aliphatic rings. The van der Waals surface area contributed by atoms with Gasteiger partial charge >= 0.3 is 5.97 Å². The lowest BCUT2D eigenvalue weighted by Crippen LogP contribution is -2.43. The molecule has 1 N–H and O–H groups in total. The number of rotatable bonds is 6. The summed E-state index contributed by atoms with van der Waals surface area (Å²) < 4.78 is 4.89. The maximum absolute atomic E-state index is 11.8. The van der Waals surface area contributed by atoms with Crippen LogP contribution in [0.4, 0.5) is 0 Å². The Morgan fingerprint density at radius 2 is 1.84 bits per heavy atom. The molecule has 3 heteroatoms. The summed E-state index contributed by atoms with van der Waals surface area (Å²) in [5.41, 5.74) is 2.42. The molecular weight excluding hydrogens is 238 g/mol. The maximum Gasteiger partial charge on any atom is 0.323 e. The van der Waals surface area contributed by atoms with Crippen molar-refractivity contribution in [2.75, 3.05) is 7.11 Å². The van der Waals surface area contributed by atoms with E-state index in [0.717, 1.165) is 6.42 Å². The highest BCUT2D eigenvalue weighted by molar-refractivity contribution is 5.76. The van der Waals surface area contributed by atoms with Gasteiger partial charge in [0.25, 0.3) is 0 Å². The number of aryl methyl sites for hydroxylation is 1. The van der Waals surface area contributed by atoms with Crippen molar-refractivity contribution in [1.29, 1.82) is 0 Å². The number of methoxy groups -OCH3 is 1. The van der Waals surface area contributed by atoms with E-state index in [4.69, 9.17) is 4.74 Å². The third kappa shape index (κ3) is 4.35.